The van der Waals surface area contributed by atoms with E-state index >= 15 is 0 Å². The number of aliphatic hydroxyl groups excluding tert-OH is 2. The molecule has 12 nitrogen and oxygen atoms in total. The van der Waals surface area contributed by atoms with E-state index in [1.807, 2.05) is 6.92 Å². The maximum atomic E-state index is 12.7. The van der Waals surface area contributed by atoms with Gasteiger partial charge in [0.15, 0.2) is 6.04 Å². The van der Waals surface area contributed by atoms with Crippen LogP contribution in [-0.4, -0.2) is 82.4 Å². The van der Waals surface area contributed by atoms with Crippen molar-refractivity contribution in [1.29, 1.82) is 0 Å². The van der Waals surface area contributed by atoms with Crippen LogP contribution in [0.1, 0.15) is 46.5 Å². The number of nitrogens with one attached hydrogen (secondary N) is 3. The molecule has 6 unspecified atom stereocenters. The summed E-state index contributed by atoms with van der Waals surface area (Å²) in [6.45, 7) is 4.38. The topological polar surface area (TPSA) is 217 Å². The van der Waals surface area contributed by atoms with Crippen molar-refractivity contribution >= 4 is 23.7 Å². The van der Waals surface area contributed by atoms with E-state index in [1.165, 1.54) is 6.92 Å². The molecule has 31 heavy (non-hydrogen) atoms. The normalized spacial score (nSPS) is 16.9. The zero-order valence-electron chi connectivity index (χ0n) is 18.3. The van der Waals surface area contributed by atoms with Gasteiger partial charge in [0, 0.05) is 0 Å². The number of rotatable bonds is 15. The number of nitrogens with two attached hydrogens (primary N) is 2. The number of carbonyl (C=O) groups is 4. The summed E-state index contributed by atoms with van der Waals surface area (Å²) in [5.74, 6) is -4.03. The monoisotopic (exact) mass is 447 g/mol. The smallest absolute Gasteiger partial charge is 0.328 e. The van der Waals surface area contributed by atoms with Crippen molar-refractivity contribution in [2.75, 3.05) is 13.2 Å². The zero-order chi connectivity index (χ0) is 24.1. The number of carboxylic acid groups (broad SMARTS) is 1. The van der Waals surface area contributed by atoms with Crippen molar-refractivity contribution in [2.24, 2.45) is 17.4 Å². The number of amides is 3. The molecule has 0 fully saturated rings. The zero-order valence-corrected chi connectivity index (χ0v) is 18.3. The number of aliphatic carboxylic acids is 1. The summed E-state index contributed by atoms with van der Waals surface area (Å²) in [6, 6.07) is -4.94. The van der Waals surface area contributed by atoms with Crippen molar-refractivity contribution in [3.63, 3.8) is 0 Å². The minimum absolute atomic E-state index is 0.313. The van der Waals surface area contributed by atoms with Gasteiger partial charge in [-0.2, -0.15) is 0 Å². The molecule has 0 radical (unpaired) electrons. The third kappa shape index (κ3) is 10.0. The van der Waals surface area contributed by atoms with Crippen molar-refractivity contribution in [2.45, 2.75) is 76.7 Å². The average molecular weight is 448 g/mol. The highest BCUT2D eigenvalue weighted by molar-refractivity contribution is 5.94. The number of hydrogen-bond acceptors (Lipinski definition) is 8. The van der Waals surface area contributed by atoms with E-state index in [9.17, 15) is 29.4 Å². The Morgan fingerprint density at radius 3 is 1.97 bits per heavy atom. The molecule has 12 heteroatoms. The van der Waals surface area contributed by atoms with Crippen molar-refractivity contribution in [3.05, 3.63) is 0 Å². The third-order valence-electron chi connectivity index (χ3n) is 4.96. The average Bonchev–Trinajstić information content (AvgIpc) is 2.72. The summed E-state index contributed by atoms with van der Waals surface area (Å²) >= 11 is 0. The molecule has 0 spiro atoms. The summed E-state index contributed by atoms with van der Waals surface area (Å²) in [5.41, 5.74) is 11.3. The van der Waals surface area contributed by atoms with E-state index in [0.717, 1.165) is 0 Å². The molecule has 0 saturated carbocycles. The Kier molecular flexibility index (Phi) is 13.6. The highest BCUT2D eigenvalue weighted by atomic mass is 16.4. The molecule has 0 aliphatic heterocycles. The molecule has 0 saturated heterocycles. The first-order chi connectivity index (χ1) is 14.5. The fourth-order valence-corrected chi connectivity index (χ4v) is 2.70. The largest absolute Gasteiger partial charge is 0.480 e. The molecule has 0 rings (SSSR count). The van der Waals surface area contributed by atoms with Gasteiger partial charge in [0.05, 0.1) is 18.8 Å². The Labute approximate surface area is 182 Å². The summed E-state index contributed by atoms with van der Waals surface area (Å²) in [7, 11) is 0. The lowest BCUT2D eigenvalue weighted by molar-refractivity contribution is -0.145. The van der Waals surface area contributed by atoms with Gasteiger partial charge in [-0.05, 0) is 32.2 Å². The maximum Gasteiger partial charge on any atom is 0.328 e. The summed E-state index contributed by atoms with van der Waals surface area (Å²) in [5, 5.41) is 35.0. The van der Waals surface area contributed by atoms with Crippen LogP contribution in [0.25, 0.3) is 0 Å². The van der Waals surface area contributed by atoms with Crippen LogP contribution in [0, 0.1) is 5.92 Å². The first kappa shape index (κ1) is 28.7. The van der Waals surface area contributed by atoms with E-state index in [0.29, 0.717) is 32.2 Å². The number of hydrogen-bond donors (Lipinski definition) is 8. The van der Waals surface area contributed by atoms with Gasteiger partial charge in [0.25, 0.3) is 0 Å². The Hall–Kier alpha value is -2.28. The van der Waals surface area contributed by atoms with Gasteiger partial charge in [-0.15, -0.1) is 0 Å². The second-order valence-electron chi connectivity index (χ2n) is 7.57. The lowest BCUT2D eigenvalue weighted by Crippen LogP contribution is -2.60. The minimum Gasteiger partial charge on any atom is -0.480 e. The summed E-state index contributed by atoms with van der Waals surface area (Å²) in [6.07, 6.45) is 0.902. The molecular weight excluding hydrogens is 410 g/mol. The van der Waals surface area contributed by atoms with Gasteiger partial charge in [-0.25, -0.2) is 4.79 Å². The Morgan fingerprint density at radius 1 is 0.935 bits per heavy atom. The van der Waals surface area contributed by atoms with Crippen molar-refractivity contribution in [1.82, 2.24) is 16.0 Å². The van der Waals surface area contributed by atoms with E-state index in [1.54, 1.807) is 6.92 Å². The predicted molar refractivity (Wildman–Crippen MR) is 113 cm³/mol. The van der Waals surface area contributed by atoms with Gasteiger partial charge >= 0.3 is 5.97 Å². The van der Waals surface area contributed by atoms with E-state index < -0.39 is 60.6 Å². The second kappa shape index (κ2) is 14.7. The SMILES string of the molecule is CCC(C)C(NC(=O)C(N)CCCCN)C(=O)NC(CO)C(=O)NC(C(=O)O)C(C)O. The Bertz CT molecular complexity index is 602. The van der Waals surface area contributed by atoms with Crippen LogP contribution in [0.15, 0.2) is 0 Å². The number of unbranched alkanes of at least 4 members (excludes halogenated alkanes) is 1. The lowest BCUT2D eigenvalue weighted by Gasteiger charge is -2.27. The Balaban J connectivity index is 5.20. The molecular formula is C19H37N5O7. The standard InChI is InChI=1S/C19H37N5O7/c1-4-10(2)14(23-16(27)12(21)7-5-6-8-20)18(29)22-13(9-25)17(28)24-15(11(3)26)19(30)31/h10-15,25-26H,4-9,20-21H2,1-3H3,(H,22,29)(H,23,27)(H,24,28)(H,30,31). The number of carboxylic acids is 1. The van der Waals surface area contributed by atoms with E-state index in [-0.39, 0.29) is 5.92 Å². The maximum absolute atomic E-state index is 12.7. The molecule has 0 bridgehead atoms. The highest BCUT2D eigenvalue weighted by Crippen LogP contribution is 2.10. The van der Waals surface area contributed by atoms with E-state index in [2.05, 4.69) is 16.0 Å². The fourth-order valence-electron chi connectivity index (χ4n) is 2.70. The van der Waals surface area contributed by atoms with Crippen molar-refractivity contribution < 1.29 is 34.5 Å². The minimum atomic E-state index is -1.62. The molecule has 0 aromatic heterocycles. The van der Waals surface area contributed by atoms with Gasteiger partial charge in [0.2, 0.25) is 17.7 Å². The lowest BCUT2D eigenvalue weighted by atomic mass is 9.97. The van der Waals surface area contributed by atoms with Gasteiger partial charge < -0.3 is 42.7 Å². The molecule has 10 N–H and O–H groups in total. The second-order valence-corrected chi connectivity index (χ2v) is 7.57. The van der Waals surface area contributed by atoms with Crippen LogP contribution in [0.2, 0.25) is 0 Å². The number of aliphatic hydroxyl groups is 2. The molecule has 0 aromatic carbocycles. The van der Waals surface area contributed by atoms with Crippen LogP contribution in [0.3, 0.4) is 0 Å². The summed E-state index contributed by atoms with van der Waals surface area (Å²) < 4.78 is 0. The molecule has 0 heterocycles. The first-order valence-corrected chi connectivity index (χ1v) is 10.4. The molecule has 3 amide bonds. The van der Waals surface area contributed by atoms with Crippen LogP contribution >= 0.6 is 0 Å². The van der Waals surface area contributed by atoms with Crippen LogP contribution < -0.4 is 27.4 Å². The van der Waals surface area contributed by atoms with Crippen LogP contribution in [0.4, 0.5) is 0 Å². The van der Waals surface area contributed by atoms with Crippen LogP contribution in [0.5, 0.6) is 0 Å². The van der Waals surface area contributed by atoms with Crippen molar-refractivity contribution in [3.8, 4) is 0 Å². The Morgan fingerprint density at radius 2 is 1.52 bits per heavy atom. The molecule has 0 aromatic rings. The third-order valence-corrected chi connectivity index (χ3v) is 4.96. The quantitative estimate of drug-likeness (QED) is 0.123. The highest BCUT2D eigenvalue weighted by Gasteiger charge is 2.33. The fraction of sp³-hybridized carbons (Fsp3) is 0.789. The molecule has 0 aliphatic rings. The molecule has 180 valence electrons. The van der Waals surface area contributed by atoms with Gasteiger partial charge in [0.1, 0.15) is 12.1 Å². The summed E-state index contributed by atoms with van der Waals surface area (Å²) in [4.78, 5) is 48.6. The van der Waals surface area contributed by atoms with Gasteiger partial charge in [-0.1, -0.05) is 26.7 Å². The van der Waals surface area contributed by atoms with Gasteiger partial charge in [-0.3, -0.25) is 14.4 Å². The van der Waals surface area contributed by atoms with Crippen LogP contribution in [-0.2, 0) is 19.2 Å². The first-order valence-electron chi connectivity index (χ1n) is 10.4. The molecule has 0 aliphatic carbocycles. The molecule has 6 atom stereocenters. The predicted octanol–water partition coefficient (Wildman–Crippen LogP) is -2.60. The van der Waals surface area contributed by atoms with E-state index in [4.69, 9.17) is 16.6 Å². The number of carbonyl (C=O) groups excluding carboxylic acids is 3.